The summed E-state index contributed by atoms with van der Waals surface area (Å²) in [6.07, 6.45) is 0. The molecular weight excluding hydrogens is 512 g/mol. The number of para-hydroxylation sites is 2. The second-order valence-corrected chi connectivity index (χ2v) is 11.4. The minimum Gasteiger partial charge on any atom is -0.295 e. The molecule has 0 aliphatic carbocycles. The van der Waals surface area contributed by atoms with E-state index in [-0.39, 0.29) is 5.41 Å². The van der Waals surface area contributed by atoms with Gasteiger partial charge in [-0.25, -0.2) is 15.0 Å². The zero-order valence-electron chi connectivity index (χ0n) is 23.5. The van der Waals surface area contributed by atoms with Crippen molar-refractivity contribution >= 4 is 11.0 Å². The molecule has 0 N–H and O–H groups in total. The Balaban J connectivity index is 1.24. The monoisotopic (exact) mass is 540 g/mol. The van der Waals surface area contributed by atoms with Crippen LogP contribution < -0.4 is 0 Å². The number of hydrogen-bond acceptors (Lipinski definition) is 3. The van der Waals surface area contributed by atoms with E-state index in [9.17, 15) is 0 Å². The van der Waals surface area contributed by atoms with Crippen molar-refractivity contribution in [3.8, 4) is 50.7 Å². The van der Waals surface area contributed by atoms with E-state index in [4.69, 9.17) is 15.0 Å². The minimum absolute atomic E-state index is 0.209. The Morgan fingerprint density at radius 1 is 0.500 bits per heavy atom. The quantitative estimate of drug-likeness (QED) is 0.224. The van der Waals surface area contributed by atoms with Crippen LogP contribution in [0.4, 0.5) is 0 Å². The van der Waals surface area contributed by atoms with Crippen molar-refractivity contribution in [1.82, 2.24) is 19.5 Å². The number of rotatable bonds is 4. The van der Waals surface area contributed by atoms with Gasteiger partial charge in [0.05, 0.1) is 33.5 Å². The average Bonchev–Trinajstić information content (AvgIpc) is 3.55. The number of imidazole rings is 1. The zero-order chi connectivity index (χ0) is 28.3. The Labute approximate surface area is 245 Å². The van der Waals surface area contributed by atoms with Crippen molar-refractivity contribution in [2.45, 2.75) is 19.3 Å². The van der Waals surface area contributed by atoms with E-state index in [0.717, 1.165) is 50.5 Å². The van der Waals surface area contributed by atoms with E-state index in [0.29, 0.717) is 5.82 Å². The van der Waals surface area contributed by atoms with Crippen LogP contribution in [-0.2, 0) is 5.41 Å². The maximum atomic E-state index is 5.04. The summed E-state index contributed by atoms with van der Waals surface area (Å²) in [6, 6.07) is 46.4. The first-order valence-electron chi connectivity index (χ1n) is 14.3. The first-order valence-corrected chi connectivity index (χ1v) is 14.3. The van der Waals surface area contributed by atoms with Gasteiger partial charge >= 0.3 is 0 Å². The van der Waals surface area contributed by atoms with Gasteiger partial charge in [0, 0.05) is 16.7 Å². The minimum atomic E-state index is -0.209. The topological polar surface area (TPSA) is 43.6 Å². The molecule has 0 radical (unpaired) electrons. The number of aromatic nitrogens is 4. The fourth-order valence-corrected chi connectivity index (χ4v) is 6.15. The zero-order valence-corrected chi connectivity index (χ0v) is 23.5. The van der Waals surface area contributed by atoms with Crippen molar-refractivity contribution in [2.24, 2.45) is 0 Å². The van der Waals surface area contributed by atoms with Crippen LogP contribution in [0, 0.1) is 0 Å². The van der Waals surface area contributed by atoms with Gasteiger partial charge in [-0.05, 0) is 66.9 Å². The lowest BCUT2D eigenvalue weighted by Gasteiger charge is -2.18. The Morgan fingerprint density at radius 2 is 1.10 bits per heavy atom. The van der Waals surface area contributed by atoms with Gasteiger partial charge in [-0.2, -0.15) is 0 Å². The molecule has 8 rings (SSSR count). The smallest absolute Gasteiger partial charge is 0.160 e. The first kappa shape index (κ1) is 24.4. The van der Waals surface area contributed by atoms with Crippen LogP contribution in [0.25, 0.3) is 61.8 Å². The highest BCUT2D eigenvalue weighted by molar-refractivity contribution is 5.83. The Kier molecular flexibility index (Phi) is 5.44. The predicted molar refractivity (Wildman–Crippen MR) is 171 cm³/mol. The van der Waals surface area contributed by atoms with Gasteiger partial charge in [-0.3, -0.25) is 4.57 Å². The largest absolute Gasteiger partial charge is 0.295 e. The molecule has 3 heterocycles. The molecule has 7 aromatic rings. The van der Waals surface area contributed by atoms with Crippen molar-refractivity contribution in [2.75, 3.05) is 0 Å². The third kappa shape index (κ3) is 3.87. The van der Waals surface area contributed by atoms with E-state index in [1.54, 1.807) is 0 Å². The molecule has 0 spiro atoms. The fraction of sp³-hybridized carbons (Fsp3) is 0.0789. The number of fused-ring (bicyclic) bond motifs is 5. The second-order valence-electron chi connectivity index (χ2n) is 11.4. The highest BCUT2D eigenvalue weighted by Crippen LogP contribution is 2.45. The summed E-state index contributed by atoms with van der Waals surface area (Å²) in [5.41, 5.74) is 11.7. The lowest BCUT2D eigenvalue weighted by molar-refractivity contribution is 0.621. The highest BCUT2D eigenvalue weighted by Gasteiger charge is 2.39. The molecule has 4 nitrogen and oxygen atoms in total. The molecule has 0 amide bonds. The first-order chi connectivity index (χ1) is 20.6. The normalized spacial score (nSPS) is 13.2. The van der Waals surface area contributed by atoms with E-state index >= 15 is 0 Å². The number of benzene rings is 5. The van der Waals surface area contributed by atoms with Crippen LogP contribution in [0.15, 0.2) is 133 Å². The predicted octanol–water partition coefficient (Wildman–Crippen LogP) is 9.12. The lowest BCUT2D eigenvalue weighted by atomic mass is 9.84. The van der Waals surface area contributed by atoms with Gasteiger partial charge in [-0.1, -0.05) is 97.1 Å². The molecular formula is C38H28N4. The SMILES string of the molecule is CC1(C)c2cc(-c3cccc(-c4nc(-c5ccccc5)cc(-c5ccccc5)n4)c3)ccc2-n2c1nc1ccccc12. The molecule has 2 aromatic heterocycles. The molecule has 0 unspecified atom stereocenters. The average molecular weight is 541 g/mol. The van der Waals surface area contributed by atoms with E-state index in [1.807, 2.05) is 36.4 Å². The van der Waals surface area contributed by atoms with Gasteiger partial charge < -0.3 is 0 Å². The number of hydrogen-bond donors (Lipinski definition) is 0. The molecule has 5 aromatic carbocycles. The summed E-state index contributed by atoms with van der Waals surface area (Å²) in [6.45, 7) is 4.54. The summed E-state index contributed by atoms with van der Waals surface area (Å²) in [5.74, 6) is 1.80. The van der Waals surface area contributed by atoms with Gasteiger partial charge in [0.2, 0.25) is 0 Å². The van der Waals surface area contributed by atoms with Gasteiger partial charge in [0.25, 0.3) is 0 Å². The molecule has 0 saturated carbocycles. The third-order valence-electron chi connectivity index (χ3n) is 8.35. The van der Waals surface area contributed by atoms with Crippen molar-refractivity contribution < 1.29 is 0 Å². The maximum absolute atomic E-state index is 5.04. The van der Waals surface area contributed by atoms with Crippen LogP contribution in [-0.4, -0.2) is 19.5 Å². The van der Waals surface area contributed by atoms with Crippen LogP contribution >= 0.6 is 0 Å². The molecule has 0 fully saturated rings. The summed E-state index contributed by atoms with van der Waals surface area (Å²) < 4.78 is 2.32. The van der Waals surface area contributed by atoms with E-state index in [2.05, 4.69) is 115 Å². The molecule has 1 aliphatic heterocycles. The van der Waals surface area contributed by atoms with Gasteiger partial charge in [-0.15, -0.1) is 0 Å². The van der Waals surface area contributed by atoms with Crippen molar-refractivity contribution in [3.05, 3.63) is 145 Å². The fourth-order valence-electron chi connectivity index (χ4n) is 6.15. The second kappa shape index (κ2) is 9.35. The van der Waals surface area contributed by atoms with Gasteiger partial charge in [0.1, 0.15) is 5.82 Å². The van der Waals surface area contributed by atoms with Crippen LogP contribution in [0.3, 0.4) is 0 Å². The standard InChI is InChI=1S/C38H28N4/c1-38(2)30-23-28(20-21-34(30)42-35-19-10-9-18-31(35)41-37(38)42)27-16-11-17-29(22-27)36-39-32(25-12-5-3-6-13-25)24-33(40-36)26-14-7-4-8-15-26/h3-24H,1-2H3. The highest BCUT2D eigenvalue weighted by atomic mass is 15.1. The van der Waals surface area contributed by atoms with E-state index in [1.165, 1.54) is 16.8 Å². The lowest BCUT2D eigenvalue weighted by Crippen LogP contribution is -2.16. The summed E-state index contributed by atoms with van der Waals surface area (Å²) in [5, 5.41) is 0. The maximum Gasteiger partial charge on any atom is 0.160 e. The Morgan fingerprint density at radius 3 is 1.81 bits per heavy atom. The molecule has 0 bridgehead atoms. The molecule has 0 atom stereocenters. The third-order valence-corrected chi connectivity index (χ3v) is 8.35. The van der Waals surface area contributed by atoms with Crippen LogP contribution in [0.2, 0.25) is 0 Å². The summed E-state index contributed by atoms with van der Waals surface area (Å²) >= 11 is 0. The van der Waals surface area contributed by atoms with Crippen molar-refractivity contribution in [3.63, 3.8) is 0 Å². The molecule has 4 heteroatoms. The van der Waals surface area contributed by atoms with Crippen LogP contribution in [0.1, 0.15) is 25.2 Å². The van der Waals surface area contributed by atoms with Gasteiger partial charge in [0.15, 0.2) is 5.82 Å². The van der Waals surface area contributed by atoms with E-state index < -0.39 is 0 Å². The Bertz CT molecular complexity index is 2050. The number of nitrogens with zero attached hydrogens (tertiary/aromatic N) is 4. The van der Waals surface area contributed by atoms with Crippen molar-refractivity contribution in [1.29, 1.82) is 0 Å². The molecule has 0 saturated heterocycles. The van der Waals surface area contributed by atoms with Crippen LogP contribution in [0.5, 0.6) is 0 Å². The Hall–Kier alpha value is -5.35. The molecule has 1 aliphatic rings. The molecule has 42 heavy (non-hydrogen) atoms. The summed E-state index contributed by atoms with van der Waals surface area (Å²) in [4.78, 5) is 15.1. The molecule has 200 valence electrons. The summed E-state index contributed by atoms with van der Waals surface area (Å²) in [7, 11) is 0.